The second kappa shape index (κ2) is 14.8. The van der Waals surface area contributed by atoms with Crippen LogP contribution in [0.25, 0.3) is 11.1 Å². The molecule has 2 rings (SSSR count). The number of hydrogen-bond acceptors (Lipinski definition) is 8. The molecule has 0 fully saturated rings. The first kappa shape index (κ1) is 30.7. The summed E-state index contributed by atoms with van der Waals surface area (Å²) in [7, 11) is 0. The quantitative estimate of drug-likeness (QED) is 0.147. The molecule has 0 saturated heterocycles. The Morgan fingerprint density at radius 2 is 0.972 bits per heavy atom. The molecule has 16 nitrogen and oxygen atoms in total. The van der Waals surface area contributed by atoms with E-state index in [1.807, 2.05) is 52.0 Å². The van der Waals surface area contributed by atoms with Crippen molar-refractivity contribution in [1.82, 2.24) is 0 Å². The van der Waals surface area contributed by atoms with Crippen molar-refractivity contribution in [1.29, 1.82) is 0 Å². The van der Waals surface area contributed by atoms with Crippen molar-refractivity contribution >= 4 is 23.3 Å². The Balaban J connectivity index is 0.00000133. The number of nitrogens with two attached hydrogens (primary N) is 4. The highest BCUT2D eigenvalue weighted by Gasteiger charge is 2.08. The van der Waals surface area contributed by atoms with Crippen LogP contribution in [0.1, 0.15) is 36.1 Å². The largest absolute Gasteiger partial charge is 0.369 e. The van der Waals surface area contributed by atoms with Gasteiger partial charge in [0.2, 0.25) is 11.9 Å². The van der Waals surface area contributed by atoms with E-state index in [1.54, 1.807) is 0 Å². The van der Waals surface area contributed by atoms with Crippen LogP contribution in [-0.4, -0.2) is 43.9 Å². The number of aryl methyl sites for hydroxylation is 2. The number of rotatable bonds is 5. The third-order valence-corrected chi connectivity index (χ3v) is 4.20. The van der Waals surface area contributed by atoms with E-state index in [2.05, 4.69) is 32.5 Å². The number of guanidine groups is 2. The molecule has 2 aromatic carbocycles. The van der Waals surface area contributed by atoms with E-state index < -0.39 is 10.2 Å². The van der Waals surface area contributed by atoms with Gasteiger partial charge in [0.25, 0.3) is 10.2 Å². The molecule has 2 aromatic rings. The lowest BCUT2D eigenvalue weighted by atomic mass is 9.95. The molecule has 0 atom stereocenters. The normalized spacial score (nSPS) is 10.6. The van der Waals surface area contributed by atoms with E-state index in [-0.39, 0.29) is 11.9 Å². The first-order valence-electron chi connectivity index (χ1n) is 9.81. The summed E-state index contributed by atoms with van der Waals surface area (Å²) >= 11 is 0. The highest BCUT2D eigenvalue weighted by molar-refractivity contribution is 6.01. The Morgan fingerprint density at radius 1 is 0.694 bits per heavy atom. The van der Waals surface area contributed by atoms with Crippen molar-refractivity contribution in [3.05, 3.63) is 78.9 Å². The fourth-order valence-electron chi connectivity index (χ4n) is 2.87. The highest BCUT2D eigenvalue weighted by Crippen LogP contribution is 2.25. The lowest BCUT2D eigenvalue weighted by molar-refractivity contribution is -0.742. The Hall–Kier alpha value is -5.28. The lowest BCUT2D eigenvalue weighted by Crippen LogP contribution is -2.22. The van der Waals surface area contributed by atoms with Crippen LogP contribution in [0.5, 0.6) is 0 Å². The van der Waals surface area contributed by atoms with Gasteiger partial charge in [-0.1, -0.05) is 36.4 Å². The molecule has 0 saturated carbocycles. The van der Waals surface area contributed by atoms with E-state index in [1.165, 1.54) is 0 Å². The minimum Gasteiger partial charge on any atom is -0.369 e. The maximum Gasteiger partial charge on any atom is 0.291 e. The van der Waals surface area contributed by atoms with E-state index >= 15 is 0 Å². The van der Waals surface area contributed by atoms with Gasteiger partial charge in [0.15, 0.2) is 0 Å². The van der Waals surface area contributed by atoms with Crippen molar-refractivity contribution in [3.63, 3.8) is 0 Å². The summed E-state index contributed by atoms with van der Waals surface area (Å²) in [5, 5.41) is 42.8. The summed E-state index contributed by atoms with van der Waals surface area (Å²) in [5.74, 6) is -0.134. The highest BCUT2D eigenvalue weighted by atomic mass is 16.9. The number of nitrogens with zero attached hydrogens (tertiary/aromatic N) is 6. The average Bonchev–Trinajstić information content (AvgIpc) is 2.74. The summed E-state index contributed by atoms with van der Waals surface area (Å²) in [4.78, 5) is 16.7. The monoisotopic (exact) mass is 504 g/mol. The fourth-order valence-corrected chi connectivity index (χ4v) is 2.87. The van der Waals surface area contributed by atoms with E-state index in [0.717, 1.165) is 44.8 Å². The molecule has 0 aliphatic carbocycles. The van der Waals surface area contributed by atoms with E-state index in [9.17, 15) is 0 Å². The minimum absolute atomic E-state index is 0.0668. The molecule has 0 radical (unpaired) electrons. The fraction of sp³-hybridized carbons (Fsp3) is 0.200. The van der Waals surface area contributed by atoms with Crippen LogP contribution in [0.2, 0.25) is 0 Å². The van der Waals surface area contributed by atoms with Crippen LogP contribution < -0.4 is 22.9 Å². The summed E-state index contributed by atoms with van der Waals surface area (Å²) in [6.45, 7) is 7.79. The maximum absolute atomic E-state index is 8.36. The molecule has 0 aliphatic heterocycles. The number of benzene rings is 2. The Kier molecular flexibility index (Phi) is 12.6. The van der Waals surface area contributed by atoms with Gasteiger partial charge in [-0.3, -0.25) is 0 Å². The van der Waals surface area contributed by atoms with Crippen molar-refractivity contribution in [3.8, 4) is 11.1 Å². The van der Waals surface area contributed by atoms with Crippen molar-refractivity contribution in [2.45, 2.75) is 27.7 Å². The zero-order chi connectivity index (χ0) is 28.0. The standard InChI is InChI=1S/C20H26N8.2HNO3/c1-11-9-15(5-7-17(11)13(3)25-27-19(21)22)16-6-8-18(12(2)10-16)14(4)26-28-20(23)24;2*2-1(3)4/h5-10H,1-4H3,(H4,21,22,27)(H4,23,24,28);2*(H,2,3,4). The van der Waals surface area contributed by atoms with Gasteiger partial charge >= 0.3 is 0 Å². The SMILES string of the molecule is CC(=NN=C(N)N)c1ccc(-c2ccc(C(C)=NN=C(N)N)c(C)c2)cc1C.O=[N+]([O-])O.O=[N+]([O-])O. The molecule has 194 valence electrons. The first-order chi connectivity index (χ1) is 16.6. The molecule has 16 heteroatoms. The van der Waals surface area contributed by atoms with Gasteiger partial charge in [-0.25, -0.2) is 0 Å². The van der Waals surface area contributed by atoms with E-state index in [4.69, 9.17) is 53.6 Å². The number of hydrogen-bond donors (Lipinski definition) is 6. The van der Waals surface area contributed by atoms with Gasteiger partial charge < -0.3 is 33.3 Å². The molecular formula is C20H28N10O6. The summed E-state index contributed by atoms with van der Waals surface area (Å²) in [6.07, 6.45) is 0. The molecule has 0 heterocycles. The lowest BCUT2D eigenvalue weighted by Gasteiger charge is -2.11. The van der Waals surface area contributed by atoms with Gasteiger partial charge in [0.05, 0.1) is 11.4 Å². The van der Waals surface area contributed by atoms with Crippen LogP contribution in [0, 0.1) is 34.1 Å². The minimum atomic E-state index is -1.50. The third-order valence-electron chi connectivity index (χ3n) is 4.20. The molecular weight excluding hydrogens is 476 g/mol. The molecule has 0 aromatic heterocycles. The zero-order valence-electron chi connectivity index (χ0n) is 20.0. The van der Waals surface area contributed by atoms with Crippen molar-refractivity contribution in [2.75, 3.05) is 0 Å². The van der Waals surface area contributed by atoms with Crippen LogP contribution in [-0.2, 0) is 0 Å². The average molecular weight is 505 g/mol. The third kappa shape index (κ3) is 12.1. The van der Waals surface area contributed by atoms with Gasteiger partial charge in [-0.2, -0.15) is 10.2 Å². The smallest absolute Gasteiger partial charge is 0.291 e. The zero-order valence-corrected chi connectivity index (χ0v) is 20.0. The van der Waals surface area contributed by atoms with Crippen molar-refractivity contribution in [2.24, 2.45) is 43.3 Å². The Bertz CT molecular complexity index is 1100. The predicted molar refractivity (Wildman–Crippen MR) is 135 cm³/mol. The van der Waals surface area contributed by atoms with Crippen LogP contribution in [0.15, 0.2) is 56.8 Å². The van der Waals surface area contributed by atoms with Gasteiger partial charge in [0, 0.05) is 11.1 Å². The second-order valence-electron chi connectivity index (χ2n) is 6.96. The summed E-state index contributed by atoms with van der Waals surface area (Å²) in [6, 6.07) is 12.3. The Morgan fingerprint density at radius 3 is 1.19 bits per heavy atom. The van der Waals surface area contributed by atoms with Crippen molar-refractivity contribution < 1.29 is 20.6 Å². The van der Waals surface area contributed by atoms with Gasteiger partial charge in [-0.05, 0) is 49.9 Å². The van der Waals surface area contributed by atoms with E-state index in [0.29, 0.717) is 0 Å². The summed E-state index contributed by atoms with van der Waals surface area (Å²) in [5.41, 5.74) is 29.2. The molecule has 0 aliphatic rings. The first-order valence-corrected chi connectivity index (χ1v) is 9.81. The van der Waals surface area contributed by atoms with Crippen LogP contribution in [0.3, 0.4) is 0 Å². The molecule has 0 amide bonds. The van der Waals surface area contributed by atoms with Crippen LogP contribution in [0.4, 0.5) is 0 Å². The molecule has 10 N–H and O–H groups in total. The topological polar surface area (TPSA) is 280 Å². The van der Waals surface area contributed by atoms with Gasteiger partial charge in [-0.15, -0.1) is 30.4 Å². The van der Waals surface area contributed by atoms with Gasteiger partial charge in [0.1, 0.15) is 0 Å². The molecule has 0 spiro atoms. The Labute approximate surface area is 205 Å². The van der Waals surface area contributed by atoms with Crippen LogP contribution >= 0.6 is 0 Å². The summed E-state index contributed by atoms with van der Waals surface area (Å²) < 4.78 is 0. The second-order valence-corrected chi connectivity index (χ2v) is 6.96. The molecule has 0 bridgehead atoms. The molecule has 36 heavy (non-hydrogen) atoms. The molecule has 0 unspecified atom stereocenters. The predicted octanol–water partition coefficient (Wildman–Crippen LogP) is 1.27. The maximum atomic E-state index is 8.36.